The molecular formula is C21H27NO3S. The first kappa shape index (κ1) is 21.8. The third-order valence-electron chi connectivity index (χ3n) is 3.48. The van der Waals surface area contributed by atoms with Gasteiger partial charge in [-0.25, -0.2) is 4.98 Å². The maximum absolute atomic E-state index is 11.9. The summed E-state index contributed by atoms with van der Waals surface area (Å²) < 4.78 is 11.1. The van der Waals surface area contributed by atoms with E-state index < -0.39 is 0 Å². The third kappa shape index (κ3) is 5.63. The van der Waals surface area contributed by atoms with E-state index in [0.717, 1.165) is 21.8 Å². The zero-order chi connectivity index (χ0) is 19.5. The van der Waals surface area contributed by atoms with Crippen LogP contribution in [0.2, 0.25) is 0 Å². The van der Waals surface area contributed by atoms with E-state index in [1.54, 1.807) is 18.7 Å². The van der Waals surface area contributed by atoms with Crippen molar-refractivity contribution >= 4 is 22.6 Å². The third-order valence-corrected chi connectivity index (χ3v) is 4.50. The van der Waals surface area contributed by atoms with Crippen LogP contribution in [-0.2, 0) is 16.0 Å². The van der Waals surface area contributed by atoms with Gasteiger partial charge in [0.25, 0.3) is 0 Å². The van der Waals surface area contributed by atoms with E-state index in [4.69, 9.17) is 9.15 Å². The molecule has 0 bridgehead atoms. The Bertz CT molecular complexity index is 749. The van der Waals surface area contributed by atoms with Crippen LogP contribution in [0.15, 0.2) is 47.9 Å². The molecule has 0 unspecified atom stereocenters. The van der Waals surface area contributed by atoms with E-state index >= 15 is 0 Å². The number of carbonyl (C=O) groups is 1. The second kappa shape index (κ2) is 11.4. The summed E-state index contributed by atoms with van der Waals surface area (Å²) in [6.07, 6.45) is 2.10. The Morgan fingerprint density at radius 3 is 2.58 bits per heavy atom. The van der Waals surface area contributed by atoms with Gasteiger partial charge in [0.05, 0.1) is 18.7 Å². The average Bonchev–Trinajstić information content (AvgIpc) is 3.05. The number of nitrogens with zero attached hydrogens (tertiary/aromatic N) is 1. The van der Waals surface area contributed by atoms with Crippen molar-refractivity contribution in [1.82, 2.24) is 4.98 Å². The van der Waals surface area contributed by atoms with Gasteiger partial charge in [-0.05, 0) is 38.2 Å². The Hall–Kier alpha value is -2.27. The summed E-state index contributed by atoms with van der Waals surface area (Å²) in [4.78, 5) is 17.5. The van der Waals surface area contributed by atoms with Crippen molar-refractivity contribution in [3.05, 3.63) is 60.5 Å². The molecule has 0 fully saturated rings. The molecule has 1 aromatic heterocycles. The van der Waals surface area contributed by atoms with E-state index in [1.165, 1.54) is 0 Å². The summed E-state index contributed by atoms with van der Waals surface area (Å²) in [6, 6.07) is 7.92. The number of aryl methyl sites for hydroxylation is 1. The molecule has 0 saturated carbocycles. The van der Waals surface area contributed by atoms with Gasteiger partial charge in [0, 0.05) is 10.5 Å². The molecule has 0 spiro atoms. The summed E-state index contributed by atoms with van der Waals surface area (Å²) in [5.74, 6) is 1.83. The van der Waals surface area contributed by atoms with Crippen molar-refractivity contribution < 1.29 is 13.9 Å². The lowest BCUT2D eigenvalue weighted by molar-refractivity contribution is -0.142. The second-order valence-electron chi connectivity index (χ2n) is 5.18. The van der Waals surface area contributed by atoms with Crippen molar-refractivity contribution in [2.75, 3.05) is 12.4 Å². The molecule has 1 aromatic carbocycles. The number of hydrogen-bond donors (Lipinski definition) is 0. The quantitative estimate of drug-likeness (QED) is 0.462. The lowest BCUT2D eigenvalue weighted by Gasteiger charge is -2.04. The van der Waals surface area contributed by atoms with Gasteiger partial charge >= 0.3 is 5.97 Å². The molecule has 0 atom stereocenters. The monoisotopic (exact) mass is 373 g/mol. The molecule has 26 heavy (non-hydrogen) atoms. The first-order chi connectivity index (χ1) is 12.6. The summed E-state index contributed by atoms with van der Waals surface area (Å²) in [6.45, 7) is 14.2. The van der Waals surface area contributed by atoms with E-state index in [-0.39, 0.29) is 12.4 Å². The number of esters is 1. The van der Waals surface area contributed by atoms with Gasteiger partial charge in [-0.15, -0.1) is 24.9 Å². The van der Waals surface area contributed by atoms with Crippen molar-refractivity contribution in [2.24, 2.45) is 0 Å². The standard InChI is InChI=1S/C19H23NO3S.C2H4/c1-5-16(24-7-3)18-15(12-17(21)22-6-2)20-19(23-18)14-11-9-8-10-13(14)4;1-2/h5,8-11H,6-7,12H2,1-4H3;1-2H2/b16-5-;. The number of benzene rings is 1. The number of ether oxygens (including phenoxy) is 1. The minimum Gasteiger partial charge on any atom is -0.466 e. The number of aromatic nitrogens is 1. The molecule has 4 nitrogen and oxygen atoms in total. The molecule has 0 aliphatic carbocycles. The Kier molecular flexibility index (Phi) is 9.52. The van der Waals surface area contributed by atoms with Crippen molar-refractivity contribution in [1.29, 1.82) is 0 Å². The number of hydrogen-bond acceptors (Lipinski definition) is 5. The zero-order valence-electron chi connectivity index (χ0n) is 16.0. The molecule has 0 aliphatic heterocycles. The van der Waals surface area contributed by atoms with Crippen LogP contribution in [0.25, 0.3) is 16.4 Å². The highest BCUT2D eigenvalue weighted by Crippen LogP contribution is 2.34. The average molecular weight is 374 g/mol. The van der Waals surface area contributed by atoms with Crippen molar-refractivity contribution in [3.8, 4) is 11.5 Å². The molecule has 5 heteroatoms. The molecule has 0 radical (unpaired) electrons. The first-order valence-corrected chi connectivity index (χ1v) is 9.60. The smallest absolute Gasteiger partial charge is 0.312 e. The van der Waals surface area contributed by atoms with Crippen LogP contribution < -0.4 is 0 Å². The van der Waals surface area contributed by atoms with Crippen LogP contribution in [0.5, 0.6) is 0 Å². The van der Waals surface area contributed by atoms with Crippen LogP contribution in [0, 0.1) is 6.92 Å². The normalized spacial score (nSPS) is 10.8. The maximum atomic E-state index is 11.9. The van der Waals surface area contributed by atoms with E-state index in [9.17, 15) is 4.79 Å². The topological polar surface area (TPSA) is 52.3 Å². The van der Waals surface area contributed by atoms with E-state index in [0.29, 0.717) is 24.0 Å². The summed E-state index contributed by atoms with van der Waals surface area (Å²) >= 11 is 1.67. The van der Waals surface area contributed by atoms with Crippen LogP contribution in [-0.4, -0.2) is 23.3 Å². The molecular weight excluding hydrogens is 346 g/mol. The van der Waals surface area contributed by atoms with Crippen LogP contribution in [0.3, 0.4) is 0 Å². The number of carbonyl (C=O) groups excluding carboxylic acids is 1. The van der Waals surface area contributed by atoms with Crippen molar-refractivity contribution in [2.45, 2.75) is 34.1 Å². The second-order valence-corrected chi connectivity index (χ2v) is 6.48. The SMILES string of the molecule is C/C=C(\SCC)c1oc(-c2ccccc2C)nc1CC(=O)OCC.C=C. The fourth-order valence-electron chi connectivity index (χ4n) is 2.38. The predicted molar refractivity (Wildman–Crippen MR) is 110 cm³/mol. The number of allylic oxidation sites excluding steroid dienone is 1. The Balaban J connectivity index is 0.00000163. The summed E-state index contributed by atoms with van der Waals surface area (Å²) in [5.41, 5.74) is 2.64. The zero-order valence-corrected chi connectivity index (χ0v) is 16.8. The molecule has 0 amide bonds. The summed E-state index contributed by atoms with van der Waals surface area (Å²) in [7, 11) is 0. The van der Waals surface area contributed by atoms with Crippen LogP contribution in [0.4, 0.5) is 0 Å². The summed E-state index contributed by atoms with van der Waals surface area (Å²) in [5, 5.41) is 0. The number of rotatable bonds is 7. The highest BCUT2D eigenvalue weighted by Gasteiger charge is 2.21. The van der Waals surface area contributed by atoms with Crippen molar-refractivity contribution in [3.63, 3.8) is 0 Å². The highest BCUT2D eigenvalue weighted by atomic mass is 32.2. The maximum Gasteiger partial charge on any atom is 0.312 e. The molecule has 2 aromatic rings. The largest absolute Gasteiger partial charge is 0.466 e. The molecule has 0 aliphatic rings. The van der Waals surface area contributed by atoms with E-state index in [2.05, 4.69) is 25.1 Å². The Morgan fingerprint density at radius 2 is 2.00 bits per heavy atom. The molecule has 1 heterocycles. The van der Waals surface area contributed by atoms with Crippen LogP contribution in [0.1, 0.15) is 37.8 Å². The highest BCUT2D eigenvalue weighted by molar-refractivity contribution is 8.08. The lowest BCUT2D eigenvalue weighted by atomic mass is 10.1. The minimum absolute atomic E-state index is 0.111. The first-order valence-electron chi connectivity index (χ1n) is 8.61. The van der Waals surface area contributed by atoms with Gasteiger partial charge in [-0.2, -0.15) is 0 Å². The number of thioether (sulfide) groups is 1. The predicted octanol–water partition coefficient (Wildman–Crippen LogP) is 5.67. The fraction of sp³-hybridized carbons (Fsp3) is 0.333. The van der Waals surface area contributed by atoms with E-state index in [1.807, 2.05) is 44.2 Å². The van der Waals surface area contributed by atoms with Gasteiger partial charge in [0.1, 0.15) is 0 Å². The minimum atomic E-state index is -0.291. The molecule has 140 valence electrons. The fourth-order valence-corrected chi connectivity index (χ4v) is 3.14. The Morgan fingerprint density at radius 1 is 1.31 bits per heavy atom. The number of oxazole rings is 1. The van der Waals surface area contributed by atoms with Gasteiger partial charge in [-0.1, -0.05) is 31.2 Å². The lowest BCUT2D eigenvalue weighted by Crippen LogP contribution is -2.09. The van der Waals surface area contributed by atoms with Crippen LogP contribution >= 0.6 is 11.8 Å². The molecule has 2 rings (SSSR count). The van der Waals surface area contributed by atoms with Gasteiger partial charge < -0.3 is 9.15 Å². The molecule has 0 N–H and O–H groups in total. The van der Waals surface area contributed by atoms with Gasteiger partial charge in [0.2, 0.25) is 5.89 Å². The molecule has 0 saturated heterocycles. The van der Waals surface area contributed by atoms with Gasteiger partial charge in [0.15, 0.2) is 5.76 Å². The Labute approximate surface area is 160 Å². The van der Waals surface area contributed by atoms with Gasteiger partial charge in [-0.3, -0.25) is 4.79 Å².